The van der Waals surface area contributed by atoms with Gasteiger partial charge in [0.2, 0.25) is 0 Å². The van der Waals surface area contributed by atoms with E-state index in [1.165, 1.54) is 0 Å². The Bertz CT molecular complexity index is 714. The van der Waals surface area contributed by atoms with Gasteiger partial charge < -0.3 is 10.3 Å². The standard InChI is InChI=1S/C18H24N2O/c1-11(2)20-14(5)8-9-15(18(20)21)17(19)16-10-12(3)6-7-13(16)4/h6-11,17H,19H2,1-5H3. The van der Waals surface area contributed by atoms with Crippen LogP contribution in [0.4, 0.5) is 0 Å². The van der Waals surface area contributed by atoms with Gasteiger partial charge in [0.25, 0.3) is 5.56 Å². The van der Waals surface area contributed by atoms with Gasteiger partial charge in [0.1, 0.15) is 0 Å². The first-order valence-electron chi connectivity index (χ1n) is 7.37. The van der Waals surface area contributed by atoms with Crippen molar-refractivity contribution in [2.24, 2.45) is 5.73 Å². The second-order valence-corrected chi connectivity index (χ2v) is 6.04. The first kappa shape index (κ1) is 15.5. The van der Waals surface area contributed by atoms with Gasteiger partial charge in [-0.25, -0.2) is 0 Å². The summed E-state index contributed by atoms with van der Waals surface area (Å²) in [6.07, 6.45) is 0. The Morgan fingerprint density at radius 2 is 1.67 bits per heavy atom. The summed E-state index contributed by atoms with van der Waals surface area (Å²) < 4.78 is 1.81. The fourth-order valence-electron chi connectivity index (χ4n) is 2.80. The number of aryl methyl sites for hydroxylation is 3. The highest BCUT2D eigenvalue weighted by molar-refractivity contribution is 5.38. The van der Waals surface area contributed by atoms with Crippen molar-refractivity contribution in [2.45, 2.75) is 46.7 Å². The summed E-state index contributed by atoms with van der Waals surface area (Å²) in [4.78, 5) is 12.7. The second kappa shape index (κ2) is 5.86. The van der Waals surface area contributed by atoms with Crippen LogP contribution in [0.25, 0.3) is 0 Å². The van der Waals surface area contributed by atoms with E-state index in [1.807, 2.05) is 46.8 Å². The molecule has 0 saturated heterocycles. The van der Waals surface area contributed by atoms with E-state index in [-0.39, 0.29) is 17.6 Å². The van der Waals surface area contributed by atoms with Crippen molar-refractivity contribution in [2.75, 3.05) is 0 Å². The quantitative estimate of drug-likeness (QED) is 0.939. The third-order valence-corrected chi connectivity index (χ3v) is 3.97. The van der Waals surface area contributed by atoms with Gasteiger partial charge in [-0.15, -0.1) is 0 Å². The number of pyridine rings is 1. The molecule has 0 bridgehead atoms. The van der Waals surface area contributed by atoms with Crippen LogP contribution < -0.4 is 11.3 Å². The largest absolute Gasteiger partial charge is 0.320 e. The fraction of sp³-hybridized carbons (Fsp3) is 0.389. The summed E-state index contributed by atoms with van der Waals surface area (Å²) >= 11 is 0. The predicted octanol–water partition coefficient (Wildman–Crippen LogP) is 3.40. The first-order chi connectivity index (χ1) is 9.82. The van der Waals surface area contributed by atoms with Gasteiger partial charge in [-0.1, -0.05) is 23.8 Å². The van der Waals surface area contributed by atoms with Gasteiger partial charge in [0.05, 0.1) is 6.04 Å². The van der Waals surface area contributed by atoms with E-state index in [4.69, 9.17) is 5.73 Å². The van der Waals surface area contributed by atoms with E-state index in [0.717, 1.165) is 22.4 Å². The molecule has 0 amide bonds. The minimum absolute atomic E-state index is 0.0124. The van der Waals surface area contributed by atoms with Crippen molar-refractivity contribution >= 4 is 0 Å². The average Bonchev–Trinajstić information content (AvgIpc) is 2.40. The van der Waals surface area contributed by atoms with Crippen LogP contribution in [0.15, 0.2) is 35.1 Å². The normalized spacial score (nSPS) is 12.7. The van der Waals surface area contributed by atoms with Gasteiger partial charge in [-0.05, 0) is 57.9 Å². The Balaban J connectivity index is 2.59. The van der Waals surface area contributed by atoms with Crippen LogP contribution in [0, 0.1) is 20.8 Å². The molecule has 21 heavy (non-hydrogen) atoms. The molecule has 0 radical (unpaired) electrons. The van der Waals surface area contributed by atoms with E-state index < -0.39 is 0 Å². The van der Waals surface area contributed by atoms with Crippen LogP contribution in [0.3, 0.4) is 0 Å². The lowest BCUT2D eigenvalue weighted by Gasteiger charge is -2.20. The lowest BCUT2D eigenvalue weighted by molar-refractivity contribution is 0.554. The molecule has 2 rings (SSSR count). The fourth-order valence-corrected chi connectivity index (χ4v) is 2.80. The highest BCUT2D eigenvalue weighted by Gasteiger charge is 2.18. The van der Waals surface area contributed by atoms with E-state index >= 15 is 0 Å². The molecule has 1 aromatic heterocycles. The third-order valence-electron chi connectivity index (χ3n) is 3.97. The van der Waals surface area contributed by atoms with Crippen molar-refractivity contribution in [3.8, 4) is 0 Å². The molecular weight excluding hydrogens is 260 g/mol. The van der Waals surface area contributed by atoms with Gasteiger partial charge in [-0.3, -0.25) is 4.79 Å². The minimum atomic E-state index is -0.386. The van der Waals surface area contributed by atoms with Gasteiger partial charge in [0.15, 0.2) is 0 Å². The molecule has 0 aliphatic rings. The molecule has 0 aliphatic carbocycles. The zero-order valence-corrected chi connectivity index (χ0v) is 13.5. The molecular formula is C18H24N2O. The lowest BCUT2D eigenvalue weighted by Crippen LogP contribution is -2.31. The molecule has 112 valence electrons. The summed E-state index contributed by atoms with van der Waals surface area (Å²) in [7, 11) is 0. The number of benzene rings is 1. The summed E-state index contributed by atoms with van der Waals surface area (Å²) in [5, 5.41) is 0. The van der Waals surface area contributed by atoms with Crippen LogP contribution in [-0.2, 0) is 0 Å². The van der Waals surface area contributed by atoms with Crippen LogP contribution >= 0.6 is 0 Å². The Kier molecular flexibility index (Phi) is 4.33. The van der Waals surface area contributed by atoms with E-state index in [2.05, 4.69) is 18.2 Å². The summed E-state index contributed by atoms with van der Waals surface area (Å²) in [5.41, 5.74) is 11.3. The smallest absolute Gasteiger partial charge is 0.256 e. The molecule has 2 aromatic rings. The van der Waals surface area contributed by atoms with Crippen LogP contribution in [-0.4, -0.2) is 4.57 Å². The van der Waals surface area contributed by atoms with Crippen molar-refractivity contribution < 1.29 is 0 Å². The lowest BCUT2D eigenvalue weighted by atomic mass is 9.94. The number of hydrogen-bond acceptors (Lipinski definition) is 2. The Morgan fingerprint density at radius 3 is 2.29 bits per heavy atom. The predicted molar refractivity (Wildman–Crippen MR) is 87.8 cm³/mol. The molecule has 2 N–H and O–H groups in total. The Hall–Kier alpha value is -1.87. The van der Waals surface area contributed by atoms with E-state index in [1.54, 1.807) is 4.57 Å². The molecule has 1 aromatic carbocycles. The molecule has 0 spiro atoms. The topological polar surface area (TPSA) is 48.0 Å². The number of hydrogen-bond donors (Lipinski definition) is 1. The SMILES string of the molecule is Cc1ccc(C)c(C(N)c2ccc(C)n(C(C)C)c2=O)c1. The molecule has 1 unspecified atom stereocenters. The monoisotopic (exact) mass is 284 g/mol. The molecule has 0 aliphatic heterocycles. The van der Waals surface area contributed by atoms with Crippen LogP contribution in [0.2, 0.25) is 0 Å². The van der Waals surface area contributed by atoms with E-state index in [0.29, 0.717) is 5.56 Å². The van der Waals surface area contributed by atoms with Crippen LogP contribution in [0.5, 0.6) is 0 Å². The average molecular weight is 284 g/mol. The second-order valence-electron chi connectivity index (χ2n) is 6.04. The third kappa shape index (κ3) is 2.93. The van der Waals surface area contributed by atoms with Gasteiger partial charge in [0, 0.05) is 17.3 Å². The first-order valence-corrected chi connectivity index (χ1v) is 7.37. The molecule has 0 fully saturated rings. The highest BCUT2D eigenvalue weighted by atomic mass is 16.1. The van der Waals surface area contributed by atoms with E-state index in [9.17, 15) is 4.79 Å². The summed E-state index contributed by atoms with van der Waals surface area (Å²) in [6, 6.07) is 9.77. The highest BCUT2D eigenvalue weighted by Crippen LogP contribution is 2.22. The Labute approximate surface area is 126 Å². The molecule has 0 saturated carbocycles. The zero-order valence-electron chi connectivity index (χ0n) is 13.5. The molecule has 1 heterocycles. The molecule has 3 nitrogen and oxygen atoms in total. The summed E-state index contributed by atoms with van der Waals surface area (Å²) in [5.74, 6) is 0. The number of nitrogens with two attached hydrogens (primary N) is 1. The van der Waals surface area contributed by atoms with Crippen molar-refractivity contribution in [1.82, 2.24) is 4.57 Å². The molecule has 3 heteroatoms. The van der Waals surface area contributed by atoms with Gasteiger partial charge in [-0.2, -0.15) is 0 Å². The summed E-state index contributed by atoms with van der Waals surface area (Å²) in [6.45, 7) is 10.1. The van der Waals surface area contributed by atoms with Crippen LogP contribution in [0.1, 0.15) is 53.9 Å². The van der Waals surface area contributed by atoms with Crippen molar-refractivity contribution in [1.29, 1.82) is 0 Å². The van der Waals surface area contributed by atoms with Crippen molar-refractivity contribution in [3.05, 3.63) is 68.6 Å². The van der Waals surface area contributed by atoms with Crippen molar-refractivity contribution in [3.63, 3.8) is 0 Å². The Morgan fingerprint density at radius 1 is 1.00 bits per heavy atom. The minimum Gasteiger partial charge on any atom is -0.320 e. The maximum absolute atomic E-state index is 12.7. The molecule has 1 atom stereocenters. The maximum atomic E-state index is 12.7. The van der Waals surface area contributed by atoms with Gasteiger partial charge >= 0.3 is 0 Å². The zero-order chi connectivity index (χ0) is 15.7. The number of rotatable bonds is 3. The number of aromatic nitrogens is 1. The maximum Gasteiger partial charge on any atom is 0.256 e. The number of nitrogens with zero attached hydrogens (tertiary/aromatic N) is 1.